The number of benzene rings is 3. The summed E-state index contributed by atoms with van der Waals surface area (Å²) >= 11 is 0. The molecule has 0 saturated heterocycles. The first-order valence-electron chi connectivity index (χ1n) is 12.1. The number of rotatable bonds is 11. The number of ether oxygens (including phenoxy) is 2. The molecule has 0 unspecified atom stereocenters. The third kappa shape index (κ3) is 6.01. The van der Waals surface area contributed by atoms with E-state index in [2.05, 4.69) is 48.0 Å². The second kappa shape index (κ2) is 11.6. The van der Waals surface area contributed by atoms with Crippen LogP contribution in [0.1, 0.15) is 40.2 Å². The van der Waals surface area contributed by atoms with Crippen LogP contribution < -0.4 is 14.8 Å². The molecule has 0 atom stereocenters. The van der Waals surface area contributed by atoms with E-state index in [1.165, 1.54) is 0 Å². The summed E-state index contributed by atoms with van der Waals surface area (Å²) in [5, 5.41) is 3.00. The normalized spacial score (nSPS) is 10.9. The zero-order chi connectivity index (χ0) is 24.6. The van der Waals surface area contributed by atoms with E-state index >= 15 is 0 Å². The van der Waals surface area contributed by atoms with Crippen LogP contribution in [0.15, 0.2) is 66.7 Å². The van der Waals surface area contributed by atoms with Gasteiger partial charge in [-0.05, 0) is 74.2 Å². The number of aromatic nitrogens is 2. The second-order valence-electron chi connectivity index (χ2n) is 8.68. The molecule has 0 saturated carbocycles. The molecule has 0 fully saturated rings. The van der Waals surface area contributed by atoms with Crippen molar-refractivity contribution in [3.8, 4) is 11.5 Å². The molecule has 4 aromatic rings. The lowest BCUT2D eigenvalue weighted by atomic mass is 10.1. The predicted molar refractivity (Wildman–Crippen MR) is 139 cm³/mol. The number of carbonyl (C=O) groups is 1. The Bertz CT molecular complexity index is 1260. The fourth-order valence-corrected chi connectivity index (χ4v) is 4.28. The summed E-state index contributed by atoms with van der Waals surface area (Å²) in [5.74, 6) is 2.68. The molecule has 1 amide bonds. The zero-order valence-electron chi connectivity index (χ0n) is 20.7. The molecular weight excluding hydrogens is 438 g/mol. The highest BCUT2D eigenvalue weighted by Crippen LogP contribution is 2.23. The molecule has 1 heterocycles. The van der Waals surface area contributed by atoms with Crippen LogP contribution in [0.3, 0.4) is 0 Å². The molecule has 1 aromatic heterocycles. The first kappa shape index (κ1) is 24.3. The molecule has 0 bridgehead atoms. The van der Waals surface area contributed by atoms with E-state index in [1.54, 1.807) is 31.4 Å². The van der Waals surface area contributed by atoms with E-state index in [4.69, 9.17) is 14.5 Å². The fraction of sp³-hybridized carbons (Fsp3) is 0.310. The van der Waals surface area contributed by atoms with Crippen molar-refractivity contribution < 1.29 is 14.3 Å². The molecule has 6 nitrogen and oxygen atoms in total. The predicted octanol–water partition coefficient (Wildman–Crippen LogP) is 5.49. The van der Waals surface area contributed by atoms with Gasteiger partial charge in [-0.15, -0.1) is 0 Å². The minimum absolute atomic E-state index is 0.0789. The third-order valence-corrected chi connectivity index (χ3v) is 6.13. The average molecular weight is 472 g/mol. The van der Waals surface area contributed by atoms with Crippen molar-refractivity contribution in [2.75, 3.05) is 20.3 Å². The molecule has 0 aliphatic carbocycles. The number of fused-ring (bicyclic) bond motifs is 1. The number of methoxy groups -OCH3 is 1. The Hall–Kier alpha value is -3.80. The maximum atomic E-state index is 12.4. The molecule has 35 heavy (non-hydrogen) atoms. The van der Waals surface area contributed by atoms with Gasteiger partial charge in [-0.25, -0.2) is 4.98 Å². The van der Waals surface area contributed by atoms with Gasteiger partial charge in [0, 0.05) is 25.1 Å². The number of aryl methyl sites for hydroxylation is 4. The van der Waals surface area contributed by atoms with Crippen LogP contribution in [-0.2, 0) is 13.0 Å². The fourth-order valence-electron chi connectivity index (χ4n) is 4.28. The van der Waals surface area contributed by atoms with Crippen LogP contribution in [-0.4, -0.2) is 35.7 Å². The van der Waals surface area contributed by atoms with Gasteiger partial charge in [0.15, 0.2) is 0 Å². The van der Waals surface area contributed by atoms with Crippen molar-refractivity contribution in [2.45, 2.75) is 39.7 Å². The molecule has 3 aromatic carbocycles. The highest BCUT2D eigenvalue weighted by Gasteiger charge is 2.11. The topological polar surface area (TPSA) is 65.4 Å². The second-order valence-corrected chi connectivity index (χ2v) is 8.68. The maximum Gasteiger partial charge on any atom is 0.251 e. The average Bonchev–Trinajstić information content (AvgIpc) is 3.23. The van der Waals surface area contributed by atoms with Crippen LogP contribution in [0.5, 0.6) is 11.5 Å². The van der Waals surface area contributed by atoms with E-state index < -0.39 is 0 Å². The van der Waals surface area contributed by atoms with Crippen molar-refractivity contribution in [2.24, 2.45) is 0 Å². The molecule has 1 N–H and O–H groups in total. The number of imidazole rings is 1. The first-order chi connectivity index (χ1) is 17.1. The Balaban J connectivity index is 1.33. The van der Waals surface area contributed by atoms with Gasteiger partial charge in [-0.3, -0.25) is 4.79 Å². The molecule has 0 aliphatic rings. The van der Waals surface area contributed by atoms with Crippen molar-refractivity contribution in [1.82, 2.24) is 14.9 Å². The lowest BCUT2D eigenvalue weighted by molar-refractivity contribution is 0.0953. The molecule has 4 rings (SSSR count). The van der Waals surface area contributed by atoms with Crippen LogP contribution >= 0.6 is 0 Å². The smallest absolute Gasteiger partial charge is 0.251 e. The standard InChI is InChI=1S/C29H33N3O3/c1-21-9-6-10-22(2)28(21)35-20-8-19-32-26-12-5-4-11-25(26)31-27(32)13-7-18-30-29(33)23-14-16-24(34-3)17-15-23/h4-6,9-12,14-17H,7-8,13,18-20H2,1-3H3,(H,30,33). The highest BCUT2D eigenvalue weighted by molar-refractivity contribution is 5.94. The van der Waals surface area contributed by atoms with Gasteiger partial charge in [-0.2, -0.15) is 0 Å². The number of hydrogen-bond donors (Lipinski definition) is 1. The van der Waals surface area contributed by atoms with Crippen LogP contribution in [0.25, 0.3) is 11.0 Å². The monoisotopic (exact) mass is 471 g/mol. The Morgan fingerprint density at radius 3 is 2.43 bits per heavy atom. The largest absolute Gasteiger partial charge is 0.497 e. The van der Waals surface area contributed by atoms with Crippen molar-refractivity contribution in [1.29, 1.82) is 0 Å². The van der Waals surface area contributed by atoms with Crippen molar-refractivity contribution in [3.05, 3.63) is 89.2 Å². The summed E-state index contributed by atoms with van der Waals surface area (Å²) in [5.41, 5.74) is 5.09. The van der Waals surface area contributed by atoms with E-state index in [0.29, 0.717) is 18.7 Å². The van der Waals surface area contributed by atoms with Gasteiger partial charge in [0.25, 0.3) is 5.91 Å². The number of nitrogens with one attached hydrogen (secondary N) is 1. The van der Waals surface area contributed by atoms with Gasteiger partial charge in [0.1, 0.15) is 17.3 Å². The van der Waals surface area contributed by atoms with Crippen LogP contribution in [0, 0.1) is 13.8 Å². The van der Waals surface area contributed by atoms with E-state index in [9.17, 15) is 4.79 Å². The first-order valence-corrected chi connectivity index (χ1v) is 12.1. The summed E-state index contributed by atoms with van der Waals surface area (Å²) in [7, 11) is 1.61. The maximum absolute atomic E-state index is 12.4. The molecule has 0 aliphatic heterocycles. The van der Waals surface area contributed by atoms with Crippen LogP contribution in [0.2, 0.25) is 0 Å². The molecule has 182 valence electrons. The summed E-state index contributed by atoms with van der Waals surface area (Å²) < 4.78 is 13.5. The van der Waals surface area contributed by atoms with E-state index in [-0.39, 0.29) is 5.91 Å². The van der Waals surface area contributed by atoms with Crippen molar-refractivity contribution in [3.63, 3.8) is 0 Å². The lowest BCUT2D eigenvalue weighted by Gasteiger charge is -2.13. The Morgan fingerprint density at radius 1 is 0.943 bits per heavy atom. The number of amides is 1. The Morgan fingerprint density at radius 2 is 1.69 bits per heavy atom. The van der Waals surface area contributed by atoms with E-state index in [1.807, 2.05) is 18.2 Å². The molecule has 0 spiro atoms. The Kier molecular flexibility index (Phi) is 8.03. The van der Waals surface area contributed by atoms with Gasteiger partial charge < -0.3 is 19.4 Å². The lowest BCUT2D eigenvalue weighted by Crippen LogP contribution is -2.25. The highest BCUT2D eigenvalue weighted by atomic mass is 16.5. The zero-order valence-corrected chi connectivity index (χ0v) is 20.7. The summed E-state index contributed by atoms with van der Waals surface area (Å²) in [6.07, 6.45) is 2.48. The van der Waals surface area contributed by atoms with Crippen molar-refractivity contribution >= 4 is 16.9 Å². The Labute approximate surface area is 206 Å². The van der Waals surface area contributed by atoms with Gasteiger partial charge in [0.2, 0.25) is 0 Å². The van der Waals surface area contributed by atoms with Gasteiger partial charge >= 0.3 is 0 Å². The third-order valence-electron chi connectivity index (χ3n) is 6.13. The summed E-state index contributed by atoms with van der Waals surface area (Å²) in [6, 6.07) is 21.6. The number of nitrogens with zero attached hydrogens (tertiary/aromatic N) is 2. The van der Waals surface area contributed by atoms with Crippen LogP contribution in [0.4, 0.5) is 0 Å². The minimum Gasteiger partial charge on any atom is -0.497 e. The minimum atomic E-state index is -0.0789. The summed E-state index contributed by atoms with van der Waals surface area (Å²) in [6.45, 7) is 6.23. The number of hydrogen-bond acceptors (Lipinski definition) is 4. The molecular formula is C29H33N3O3. The number of carbonyl (C=O) groups excluding carboxylic acids is 1. The van der Waals surface area contributed by atoms with E-state index in [0.717, 1.165) is 65.3 Å². The number of para-hydroxylation sites is 3. The van der Waals surface area contributed by atoms with Gasteiger partial charge in [0.05, 0.1) is 24.8 Å². The van der Waals surface area contributed by atoms with Gasteiger partial charge in [-0.1, -0.05) is 30.3 Å². The quantitative estimate of drug-likeness (QED) is 0.294. The summed E-state index contributed by atoms with van der Waals surface area (Å²) in [4.78, 5) is 17.3. The SMILES string of the molecule is COc1ccc(C(=O)NCCCc2nc3ccccc3n2CCCOc2c(C)cccc2C)cc1. The molecule has 0 radical (unpaired) electrons. The molecule has 6 heteroatoms.